The molecular formula is C30H26F5N5O2. The van der Waals surface area contributed by atoms with Crippen molar-refractivity contribution in [2.24, 2.45) is 0 Å². The monoisotopic (exact) mass is 583 g/mol. The van der Waals surface area contributed by atoms with Gasteiger partial charge in [-0.05, 0) is 41.8 Å². The highest BCUT2D eigenvalue weighted by Gasteiger charge is 2.39. The standard InChI is InChI=1S/C30H26F5N5O2/c31-29(32)6-9-37(10-7-29)28(42)39-12-11-38-17-22(21-14-19(30(33,34)35)13-18(16-39)27(21)38)20-4-5-24(41)26(20)23-15-36-25-3-1-2-8-40(23)25/h1-3,8,13-15,17H,4-7,9-12,16H2. The number of benzene rings is 1. The van der Waals surface area contributed by atoms with E-state index < -0.39 is 36.5 Å². The first kappa shape index (κ1) is 26.7. The van der Waals surface area contributed by atoms with Crippen molar-refractivity contribution in [1.29, 1.82) is 0 Å². The Bertz CT molecular complexity index is 1790. The van der Waals surface area contributed by atoms with Crippen LogP contribution >= 0.6 is 0 Å². The van der Waals surface area contributed by atoms with E-state index in [1.54, 1.807) is 23.0 Å². The van der Waals surface area contributed by atoms with Gasteiger partial charge in [0.05, 0.1) is 23.0 Å². The number of urea groups is 1. The molecule has 3 aromatic heterocycles. The Morgan fingerprint density at radius 2 is 1.76 bits per heavy atom. The number of Topliss-reactive ketones (excluding diaryl/α,β-unsaturated/α-hetero) is 1. The van der Waals surface area contributed by atoms with Crippen LogP contribution in [0.25, 0.3) is 27.7 Å². The number of amides is 2. The predicted molar refractivity (Wildman–Crippen MR) is 145 cm³/mol. The zero-order valence-corrected chi connectivity index (χ0v) is 22.4. The van der Waals surface area contributed by atoms with Crippen LogP contribution in [-0.4, -0.2) is 61.1 Å². The number of likely N-dealkylation sites (tertiary alicyclic amines) is 1. The van der Waals surface area contributed by atoms with E-state index in [4.69, 9.17) is 0 Å². The lowest BCUT2D eigenvalue weighted by atomic mass is 9.96. The number of fused-ring (bicyclic) bond motifs is 1. The Hall–Kier alpha value is -4.22. The minimum atomic E-state index is -4.64. The number of rotatable bonds is 2. The molecule has 1 aromatic carbocycles. The number of hydrogen-bond acceptors (Lipinski definition) is 3. The summed E-state index contributed by atoms with van der Waals surface area (Å²) in [5.41, 5.74) is 2.96. The number of carbonyl (C=O) groups excluding carboxylic acids is 2. The molecule has 1 aliphatic carbocycles. The summed E-state index contributed by atoms with van der Waals surface area (Å²) < 4.78 is 73.6. The number of carbonyl (C=O) groups is 2. The molecule has 0 spiro atoms. The fraction of sp³-hybridized carbons (Fsp3) is 0.367. The van der Waals surface area contributed by atoms with Crippen LogP contribution < -0.4 is 0 Å². The van der Waals surface area contributed by atoms with E-state index in [2.05, 4.69) is 4.98 Å². The van der Waals surface area contributed by atoms with Gasteiger partial charge in [0.15, 0.2) is 5.78 Å². The van der Waals surface area contributed by atoms with Crippen molar-refractivity contribution in [3.05, 3.63) is 71.3 Å². The molecular weight excluding hydrogens is 557 g/mol. The molecule has 2 aliphatic heterocycles. The van der Waals surface area contributed by atoms with Crippen LogP contribution in [0.15, 0.2) is 48.9 Å². The summed E-state index contributed by atoms with van der Waals surface area (Å²) in [5, 5.41) is 0.364. The molecule has 0 radical (unpaired) electrons. The maximum atomic E-state index is 14.2. The van der Waals surface area contributed by atoms with Crippen LogP contribution in [0.1, 0.15) is 48.1 Å². The largest absolute Gasteiger partial charge is 0.416 e. The molecule has 1 saturated heterocycles. The Labute approximate surface area is 236 Å². The number of piperidine rings is 1. The summed E-state index contributed by atoms with van der Waals surface area (Å²) in [4.78, 5) is 33.7. The number of pyridine rings is 1. The number of halogens is 5. The highest BCUT2D eigenvalue weighted by atomic mass is 19.4. The molecule has 2 amide bonds. The second-order valence-electron chi connectivity index (χ2n) is 11.2. The molecule has 42 heavy (non-hydrogen) atoms. The van der Waals surface area contributed by atoms with Gasteiger partial charge in [-0.25, -0.2) is 18.6 Å². The van der Waals surface area contributed by atoms with Gasteiger partial charge in [0, 0.05) is 80.9 Å². The van der Waals surface area contributed by atoms with Gasteiger partial charge in [0.1, 0.15) is 5.65 Å². The number of imidazole rings is 1. The van der Waals surface area contributed by atoms with Gasteiger partial charge >= 0.3 is 12.2 Å². The van der Waals surface area contributed by atoms with Crippen molar-refractivity contribution in [1.82, 2.24) is 23.8 Å². The highest BCUT2D eigenvalue weighted by Crippen LogP contribution is 2.44. The number of allylic oxidation sites excluding steroid dienone is 2. The van der Waals surface area contributed by atoms with Gasteiger partial charge in [0.2, 0.25) is 0 Å². The first-order chi connectivity index (χ1) is 20.0. The Kier molecular flexibility index (Phi) is 5.97. The number of hydrogen-bond donors (Lipinski definition) is 0. The van der Waals surface area contributed by atoms with Crippen LogP contribution in [0.4, 0.5) is 26.7 Å². The fourth-order valence-corrected chi connectivity index (χ4v) is 6.47. The molecule has 0 atom stereocenters. The molecule has 7 rings (SSSR count). The van der Waals surface area contributed by atoms with Crippen LogP contribution in [0, 0.1) is 0 Å². The first-order valence-electron chi connectivity index (χ1n) is 13.8. The lowest BCUT2D eigenvalue weighted by molar-refractivity contribution is -0.137. The van der Waals surface area contributed by atoms with E-state index >= 15 is 0 Å². The molecule has 7 nitrogen and oxygen atoms in total. The summed E-state index contributed by atoms with van der Waals surface area (Å²) in [5.74, 6) is -2.92. The number of nitrogens with zero attached hydrogens (tertiary/aromatic N) is 5. The Balaban J connectivity index is 1.35. The quantitative estimate of drug-likeness (QED) is 0.262. The zero-order valence-electron chi connectivity index (χ0n) is 22.4. The molecule has 0 bridgehead atoms. The van der Waals surface area contributed by atoms with Crippen molar-refractivity contribution >= 4 is 39.5 Å². The molecule has 12 heteroatoms. The van der Waals surface area contributed by atoms with E-state index in [1.807, 2.05) is 22.8 Å². The normalized spacial score (nSPS) is 19.3. The molecule has 0 N–H and O–H groups in total. The number of alkyl halides is 5. The molecule has 218 valence electrons. The topological polar surface area (TPSA) is 62.9 Å². The average Bonchev–Trinajstić information content (AvgIpc) is 3.60. The number of aromatic nitrogens is 3. The van der Waals surface area contributed by atoms with E-state index in [0.29, 0.717) is 57.5 Å². The van der Waals surface area contributed by atoms with Crippen LogP contribution in [0.2, 0.25) is 0 Å². The molecule has 4 aromatic rings. The summed E-state index contributed by atoms with van der Waals surface area (Å²) in [6.07, 6.45) is 0.282. The van der Waals surface area contributed by atoms with E-state index in [0.717, 1.165) is 12.1 Å². The second kappa shape index (κ2) is 9.40. The van der Waals surface area contributed by atoms with Crippen molar-refractivity contribution in [2.75, 3.05) is 19.6 Å². The third kappa shape index (κ3) is 4.35. The van der Waals surface area contributed by atoms with Gasteiger partial charge in [-0.15, -0.1) is 0 Å². The smallest absolute Gasteiger partial charge is 0.345 e. The van der Waals surface area contributed by atoms with Gasteiger partial charge in [-0.3, -0.25) is 9.20 Å². The summed E-state index contributed by atoms with van der Waals surface area (Å²) >= 11 is 0. The van der Waals surface area contributed by atoms with Gasteiger partial charge in [-0.1, -0.05) is 6.07 Å². The molecule has 1 fully saturated rings. The van der Waals surface area contributed by atoms with Crippen molar-refractivity contribution in [3.63, 3.8) is 0 Å². The Morgan fingerprint density at radius 3 is 2.52 bits per heavy atom. The molecule has 0 saturated carbocycles. The summed E-state index contributed by atoms with van der Waals surface area (Å²) in [7, 11) is 0. The van der Waals surface area contributed by atoms with E-state index in [9.17, 15) is 31.5 Å². The lowest BCUT2D eigenvalue weighted by Gasteiger charge is -2.35. The first-order valence-corrected chi connectivity index (χ1v) is 13.8. The van der Waals surface area contributed by atoms with Crippen LogP contribution in [-0.2, 0) is 24.1 Å². The van der Waals surface area contributed by atoms with Crippen molar-refractivity contribution in [3.8, 4) is 0 Å². The zero-order chi connectivity index (χ0) is 29.4. The van der Waals surface area contributed by atoms with Crippen molar-refractivity contribution < 1.29 is 31.5 Å². The van der Waals surface area contributed by atoms with Crippen molar-refractivity contribution in [2.45, 2.75) is 50.9 Å². The summed E-state index contributed by atoms with van der Waals surface area (Å²) in [6, 6.07) is 7.19. The lowest BCUT2D eigenvalue weighted by Crippen LogP contribution is -2.49. The van der Waals surface area contributed by atoms with Crippen LogP contribution in [0.5, 0.6) is 0 Å². The number of ketones is 1. The minimum Gasteiger partial charge on any atom is -0.345 e. The molecule has 5 heterocycles. The van der Waals surface area contributed by atoms with E-state index in [1.165, 1.54) is 9.80 Å². The third-order valence-corrected chi connectivity index (χ3v) is 8.57. The average molecular weight is 584 g/mol. The maximum absolute atomic E-state index is 14.2. The Morgan fingerprint density at radius 1 is 0.976 bits per heavy atom. The molecule has 3 aliphatic rings. The fourth-order valence-electron chi connectivity index (χ4n) is 6.47. The second-order valence-corrected chi connectivity index (χ2v) is 11.2. The molecule has 0 unspecified atom stereocenters. The SMILES string of the molecule is O=C1CCC(c2cn3c4c(cc(C(F)(F)F)cc24)CN(C(=O)N2CCC(F)(F)CC2)CC3)=C1c1cnc2ccccn12. The maximum Gasteiger partial charge on any atom is 0.416 e. The third-order valence-electron chi connectivity index (χ3n) is 8.57. The highest BCUT2D eigenvalue weighted by molar-refractivity contribution is 6.31. The minimum absolute atomic E-state index is 0.0896. The van der Waals surface area contributed by atoms with E-state index in [-0.39, 0.29) is 38.4 Å². The van der Waals surface area contributed by atoms with Gasteiger partial charge in [-0.2, -0.15) is 13.2 Å². The van der Waals surface area contributed by atoms with Gasteiger partial charge < -0.3 is 14.4 Å². The van der Waals surface area contributed by atoms with Crippen LogP contribution in [0.3, 0.4) is 0 Å². The predicted octanol–water partition coefficient (Wildman–Crippen LogP) is 6.25. The summed E-state index contributed by atoms with van der Waals surface area (Å²) in [6.45, 7) is 0.198. The van der Waals surface area contributed by atoms with Gasteiger partial charge in [0.25, 0.3) is 5.92 Å².